The van der Waals surface area contributed by atoms with Gasteiger partial charge in [-0.15, -0.1) is 11.8 Å². The Bertz CT molecular complexity index is 279. The fourth-order valence-electron chi connectivity index (χ4n) is 1.64. The number of benzene rings is 1. The van der Waals surface area contributed by atoms with Crippen LogP contribution in [-0.2, 0) is 6.42 Å². The predicted molar refractivity (Wildman–Crippen MR) is 66.2 cm³/mol. The van der Waals surface area contributed by atoms with Crippen molar-refractivity contribution in [1.82, 2.24) is 0 Å². The van der Waals surface area contributed by atoms with Crippen LogP contribution in [0.3, 0.4) is 0 Å². The first-order chi connectivity index (χ1) is 6.86. The zero-order chi connectivity index (χ0) is 10.4. The van der Waals surface area contributed by atoms with Crippen molar-refractivity contribution in [2.24, 2.45) is 0 Å². The van der Waals surface area contributed by atoms with Gasteiger partial charge in [0.2, 0.25) is 0 Å². The molecule has 1 aliphatic heterocycles. The van der Waals surface area contributed by atoms with E-state index >= 15 is 0 Å². The molecule has 0 N–H and O–H groups in total. The molecule has 0 atom stereocenters. The highest BCUT2D eigenvalue weighted by atomic mass is 32.2. The SMILES string of the molecule is CC.Cc1ccc2c(c1)CCCCS2. The molecule has 1 heterocycles. The topological polar surface area (TPSA) is 0 Å². The van der Waals surface area contributed by atoms with Gasteiger partial charge in [0.05, 0.1) is 0 Å². The van der Waals surface area contributed by atoms with Crippen LogP contribution >= 0.6 is 11.8 Å². The van der Waals surface area contributed by atoms with Gasteiger partial charge in [-0.1, -0.05) is 31.5 Å². The second-order valence-corrected chi connectivity index (χ2v) is 4.55. The van der Waals surface area contributed by atoms with Crippen molar-refractivity contribution in [2.75, 3.05) is 5.75 Å². The summed E-state index contributed by atoms with van der Waals surface area (Å²) >= 11 is 2.02. The maximum Gasteiger partial charge on any atom is 0.0104 e. The quantitative estimate of drug-likeness (QED) is 0.607. The summed E-state index contributed by atoms with van der Waals surface area (Å²) in [7, 11) is 0. The van der Waals surface area contributed by atoms with Gasteiger partial charge in [0.15, 0.2) is 0 Å². The monoisotopic (exact) mass is 208 g/mol. The molecule has 1 aliphatic rings. The lowest BCUT2D eigenvalue weighted by atomic mass is 10.1. The summed E-state index contributed by atoms with van der Waals surface area (Å²) in [5, 5.41) is 0. The number of thioether (sulfide) groups is 1. The summed E-state index contributed by atoms with van der Waals surface area (Å²) < 4.78 is 0. The second-order valence-electron chi connectivity index (χ2n) is 3.42. The first-order valence-electron chi connectivity index (χ1n) is 5.58. The lowest BCUT2D eigenvalue weighted by Gasteiger charge is -2.04. The first-order valence-corrected chi connectivity index (χ1v) is 6.57. The van der Waals surface area contributed by atoms with Crippen LogP contribution in [-0.4, -0.2) is 5.75 Å². The maximum atomic E-state index is 2.34. The molecule has 14 heavy (non-hydrogen) atoms. The third-order valence-corrected chi connectivity index (χ3v) is 3.52. The maximum absolute atomic E-state index is 2.34. The smallest absolute Gasteiger partial charge is 0.0104 e. The molecule has 0 spiro atoms. The van der Waals surface area contributed by atoms with Crippen LogP contribution in [0.4, 0.5) is 0 Å². The van der Waals surface area contributed by atoms with E-state index in [2.05, 4.69) is 25.1 Å². The van der Waals surface area contributed by atoms with Crippen molar-refractivity contribution in [3.05, 3.63) is 29.3 Å². The summed E-state index contributed by atoms with van der Waals surface area (Å²) in [5.41, 5.74) is 2.97. The summed E-state index contributed by atoms with van der Waals surface area (Å²) in [6.07, 6.45) is 4.02. The lowest BCUT2D eigenvalue weighted by molar-refractivity contribution is 0.803. The van der Waals surface area contributed by atoms with E-state index in [0.717, 1.165) is 0 Å². The van der Waals surface area contributed by atoms with E-state index in [-0.39, 0.29) is 0 Å². The zero-order valence-corrected chi connectivity index (χ0v) is 10.3. The van der Waals surface area contributed by atoms with Crippen molar-refractivity contribution < 1.29 is 0 Å². The number of rotatable bonds is 0. The highest BCUT2D eigenvalue weighted by Gasteiger charge is 2.07. The Hall–Kier alpha value is -0.430. The average Bonchev–Trinajstić information content (AvgIpc) is 2.45. The van der Waals surface area contributed by atoms with Crippen molar-refractivity contribution in [3.8, 4) is 0 Å². The van der Waals surface area contributed by atoms with E-state index in [1.807, 2.05) is 25.6 Å². The molecule has 0 saturated carbocycles. The predicted octanol–water partition coefficient (Wildman–Crippen LogP) is 4.45. The Balaban J connectivity index is 0.000000461. The average molecular weight is 208 g/mol. The van der Waals surface area contributed by atoms with Gasteiger partial charge in [0.25, 0.3) is 0 Å². The summed E-state index contributed by atoms with van der Waals surface area (Å²) in [6, 6.07) is 6.84. The minimum absolute atomic E-state index is 1.28. The molecule has 78 valence electrons. The third kappa shape index (κ3) is 3.06. The molecule has 0 saturated heterocycles. The highest BCUT2D eigenvalue weighted by molar-refractivity contribution is 7.99. The number of fused-ring (bicyclic) bond motifs is 1. The molecule has 0 amide bonds. The van der Waals surface area contributed by atoms with Gasteiger partial charge in [-0.25, -0.2) is 0 Å². The van der Waals surface area contributed by atoms with Crippen LogP contribution in [0.15, 0.2) is 23.1 Å². The van der Waals surface area contributed by atoms with Crippen molar-refractivity contribution in [2.45, 2.75) is 44.9 Å². The Labute approximate surface area is 92.1 Å². The van der Waals surface area contributed by atoms with E-state index in [1.54, 1.807) is 5.56 Å². The molecule has 0 radical (unpaired) electrons. The van der Waals surface area contributed by atoms with Gasteiger partial charge in [-0.3, -0.25) is 0 Å². The standard InChI is InChI=1S/C11H14S.C2H6/c1-9-5-6-11-10(8-9)4-2-3-7-12-11;1-2/h5-6,8H,2-4,7H2,1H3;1-2H3. The molecule has 0 nitrogen and oxygen atoms in total. The molecule has 0 aliphatic carbocycles. The Kier molecular flexibility index (Phi) is 5.10. The Morgan fingerprint density at radius 1 is 1.14 bits per heavy atom. The third-order valence-electron chi connectivity index (χ3n) is 2.31. The minimum Gasteiger partial charge on any atom is -0.126 e. The molecule has 0 aromatic heterocycles. The van der Waals surface area contributed by atoms with Crippen molar-refractivity contribution in [1.29, 1.82) is 0 Å². The van der Waals surface area contributed by atoms with E-state index < -0.39 is 0 Å². The van der Waals surface area contributed by atoms with Crippen molar-refractivity contribution >= 4 is 11.8 Å². The van der Waals surface area contributed by atoms with Crippen LogP contribution in [0, 0.1) is 6.92 Å². The minimum atomic E-state index is 1.28. The highest BCUT2D eigenvalue weighted by Crippen LogP contribution is 2.29. The van der Waals surface area contributed by atoms with E-state index in [9.17, 15) is 0 Å². The van der Waals surface area contributed by atoms with Crippen LogP contribution in [0.2, 0.25) is 0 Å². The molecule has 0 unspecified atom stereocenters. The van der Waals surface area contributed by atoms with Gasteiger partial charge >= 0.3 is 0 Å². The fourth-order valence-corrected chi connectivity index (χ4v) is 2.72. The van der Waals surface area contributed by atoms with Crippen LogP contribution < -0.4 is 0 Å². The second kappa shape index (κ2) is 6.13. The molecular formula is C13H20S. The summed E-state index contributed by atoms with van der Waals surface area (Å²) in [4.78, 5) is 1.51. The van der Waals surface area contributed by atoms with Gasteiger partial charge in [0.1, 0.15) is 0 Å². The van der Waals surface area contributed by atoms with E-state index in [4.69, 9.17) is 0 Å². The Morgan fingerprint density at radius 3 is 2.71 bits per heavy atom. The molecule has 2 rings (SSSR count). The van der Waals surface area contributed by atoms with Crippen LogP contribution in [0.1, 0.15) is 37.8 Å². The molecule has 1 aromatic carbocycles. The molecule has 0 bridgehead atoms. The number of hydrogen-bond acceptors (Lipinski definition) is 1. The lowest BCUT2D eigenvalue weighted by Crippen LogP contribution is -1.86. The first kappa shape index (κ1) is 11.6. The van der Waals surface area contributed by atoms with E-state index in [0.29, 0.717) is 0 Å². The van der Waals surface area contributed by atoms with E-state index in [1.165, 1.54) is 35.5 Å². The van der Waals surface area contributed by atoms with Gasteiger partial charge in [-0.05, 0) is 43.6 Å². The number of hydrogen-bond donors (Lipinski definition) is 0. The normalized spacial score (nSPS) is 14.8. The fraction of sp³-hybridized carbons (Fsp3) is 0.538. The van der Waals surface area contributed by atoms with Crippen LogP contribution in [0.5, 0.6) is 0 Å². The van der Waals surface area contributed by atoms with Gasteiger partial charge in [-0.2, -0.15) is 0 Å². The molecule has 1 aromatic rings. The summed E-state index contributed by atoms with van der Waals surface area (Å²) in [5.74, 6) is 1.30. The molecular weight excluding hydrogens is 188 g/mol. The largest absolute Gasteiger partial charge is 0.126 e. The van der Waals surface area contributed by atoms with Crippen LogP contribution in [0.25, 0.3) is 0 Å². The van der Waals surface area contributed by atoms with Gasteiger partial charge < -0.3 is 0 Å². The number of aryl methyl sites for hydroxylation is 2. The molecule has 1 heteroatoms. The summed E-state index contributed by atoms with van der Waals surface area (Å²) in [6.45, 7) is 6.18. The molecule has 0 fully saturated rings. The van der Waals surface area contributed by atoms with Gasteiger partial charge in [0, 0.05) is 4.90 Å². The zero-order valence-electron chi connectivity index (χ0n) is 9.47. The Morgan fingerprint density at radius 2 is 1.93 bits per heavy atom. The van der Waals surface area contributed by atoms with Crippen molar-refractivity contribution in [3.63, 3.8) is 0 Å².